The fraction of sp³-hybridized carbons (Fsp3) is 0.0556. The van der Waals surface area contributed by atoms with Gasteiger partial charge in [0, 0.05) is 23.1 Å². The summed E-state index contributed by atoms with van der Waals surface area (Å²) in [6, 6.07) is 19.1. The predicted molar refractivity (Wildman–Crippen MR) is 96.6 cm³/mol. The van der Waals surface area contributed by atoms with Gasteiger partial charge < -0.3 is 4.74 Å². The summed E-state index contributed by atoms with van der Waals surface area (Å²) in [4.78, 5) is 0. The van der Waals surface area contributed by atoms with Gasteiger partial charge in [0.05, 0.1) is 0 Å². The quantitative estimate of drug-likeness (QED) is 0.516. The Balaban J connectivity index is 1.68. The molecule has 0 N–H and O–H groups in total. The normalized spacial score (nSPS) is 11.0. The molecule has 0 saturated carbocycles. The molecule has 0 aliphatic carbocycles. The summed E-state index contributed by atoms with van der Waals surface area (Å²) in [5, 5.41) is 12.8. The zero-order valence-electron chi connectivity index (χ0n) is 12.9. The summed E-state index contributed by atoms with van der Waals surface area (Å²) in [5.41, 5.74) is 2.69. The van der Waals surface area contributed by atoms with Crippen molar-refractivity contribution in [3.05, 3.63) is 82.1 Å². The Morgan fingerprint density at radius 1 is 0.920 bits per heavy atom. The van der Waals surface area contributed by atoms with E-state index in [1.165, 1.54) is 10.1 Å². The Hall–Kier alpha value is -2.63. The molecular formula is C18H12Cl2N4O. The summed E-state index contributed by atoms with van der Waals surface area (Å²) in [6.07, 6.45) is 0.701. The fourth-order valence-corrected chi connectivity index (χ4v) is 2.87. The van der Waals surface area contributed by atoms with Crippen molar-refractivity contribution < 1.29 is 4.74 Å². The third-order valence-corrected chi connectivity index (χ3v) is 4.15. The first-order valence-corrected chi connectivity index (χ1v) is 8.33. The maximum Gasteiger partial charge on any atom is 0.246 e. The Labute approximate surface area is 153 Å². The van der Waals surface area contributed by atoms with Gasteiger partial charge in [-0.25, -0.2) is 0 Å². The van der Waals surface area contributed by atoms with E-state index in [4.69, 9.17) is 27.9 Å². The van der Waals surface area contributed by atoms with Gasteiger partial charge in [0.25, 0.3) is 0 Å². The zero-order chi connectivity index (χ0) is 17.2. The number of hydrogen-bond acceptors (Lipinski definition) is 4. The molecule has 0 amide bonds. The van der Waals surface area contributed by atoms with Crippen LogP contribution in [-0.2, 0) is 6.42 Å². The van der Waals surface area contributed by atoms with Gasteiger partial charge in [0.15, 0.2) is 5.65 Å². The van der Waals surface area contributed by atoms with Crippen molar-refractivity contribution >= 4 is 28.8 Å². The molecule has 0 atom stereocenters. The largest absolute Gasteiger partial charge is 0.437 e. The number of fused-ring (bicyclic) bond motifs is 1. The number of nitrogens with zero attached hydrogens (tertiary/aromatic N) is 4. The van der Waals surface area contributed by atoms with E-state index >= 15 is 0 Å². The molecule has 0 spiro atoms. The van der Waals surface area contributed by atoms with Crippen molar-refractivity contribution in [3.8, 4) is 11.6 Å². The topological polar surface area (TPSA) is 52.3 Å². The highest BCUT2D eigenvalue weighted by Crippen LogP contribution is 2.29. The van der Waals surface area contributed by atoms with Gasteiger partial charge in [0.2, 0.25) is 11.2 Å². The highest BCUT2D eigenvalue weighted by molar-refractivity contribution is 6.30. The van der Waals surface area contributed by atoms with Gasteiger partial charge in [-0.3, -0.25) is 0 Å². The van der Waals surface area contributed by atoms with Crippen LogP contribution in [0.5, 0.6) is 11.6 Å². The number of rotatable bonds is 4. The minimum absolute atomic E-state index is 0.182. The van der Waals surface area contributed by atoms with Gasteiger partial charge in [-0.15, -0.1) is 15.3 Å². The Kier molecular flexibility index (Phi) is 4.26. The summed E-state index contributed by atoms with van der Waals surface area (Å²) in [7, 11) is 0. The van der Waals surface area contributed by atoms with Crippen molar-refractivity contribution in [2.24, 2.45) is 0 Å². The Bertz CT molecular complexity index is 1030. The van der Waals surface area contributed by atoms with Gasteiger partial charge in [-0.05, 0) is 41.4 Å². The first-order chi connectivity index (χ1) is 12.2. The van der Waals surface area contributed by atoms with Crippen LogP contribution in [0.4, 0.5) is 0 Å². The van der Waals surface area contributed by atoms with Crippen molar-refractivity contribution in [3.63, 3.8) is 0 Å². The maximum atomic E-state index is 6.16. The summed E-state index contributed by atoms with van der Waals surface area (Å²) >= 11 is 12.1. The zero-order valence-corrected chi connectivity index (χ0v) is 14.4. The predicted octanol–water partition coefficient (Wildman–Crippen LogP) is 4.81. The van der Waals surface area contributed by atoms with Gasteiger partial charge in [0.1, 0.15) is 5.75 Å². The smallest absolute Gasteiger partial charge is 0.246 e. The SMILES string of the molecule is Clc1ccc(Oc2ccc3nnc(Cl)n3n2)c(Cc2ccccc2)c1. The van der Waals surface area contributed by atoms with Crippen LogP contribution in [0, 0.1) is 0 Å². The first-order valence-electron chi connectivity index (χ1n) is 7.57. The van der Waals surface area contributed by atoms with Crippen LogP contribution >= 0.6 is 23.2 Å². The third-order valence-electron chi connectivity index (χ3n) is 3.67. The van der Waals surface area contributed by atoms with Crippen molar-refractivity contribution in [1.29, 1.82) is 0 Å². The number of hydrogen-bond donors (Lipinski definition) is 0. The Morgan fingerprint density at radius 2 is 1.76 bits per heavy atom. The van der Waals surface area contributed by atoms with E-state index in [9.17, 15) is 0 Å². The summed E-state index contributed by atoms with van der Waals surface area (Å²) in [6.45, 7) is 0. The first kappa shape index (κ1) is 15.9. The molecule has 2 heterocycles. The highest BCUT2D eigenvalue weighted by Gasteiger charge is 2.10. The molecule has 0 saturated heterocycles. The lowest BCUT2D eigenvalue weighted by atomic mass is 10.0. The molecule has 2 aromatic carbocycles. The second-order valence-corrected chi connectivity index (χ2v) is 6.20. The Morgan fingerprint density at radius 3 is 2.60 bits per heavy atom. The number of ether oxygens (including phenoxy) is 1. The van der Waals surface area contributed by atoms with Crippen LogP contribution in [0.1, 0.15) is 11.1 Å². The summed E-state index contributed by atoms with van der Waals surface area (Å²) < 4.78 is 7.38. The molecule has 0 fully saturated rings. The monoisotopic (exact) mass is 370 g/mol. The molecule has 7 heteroatoms. The number of aromatic nitrogens is 4. The van der Waals surface area contributed by atoms with Gasteiger partial charge in [-0.1, -0.05) is 41.9 Å². The molecule has 0 aliphatic rings. The minimum atomic E-state index is 0.182. The summed E-state index contributed by atoms with van der Waals surface area (Å²) in [5.74, 6) is 1.08. The van der Waals surface area contributed by atoms with E-state index in [1.54, 1.807) is 18.2 Å². The minimum Gasteiger partial charge on any atom is -0.437 e. The van der Waals surface area contributed by atoms with Crippen molar-refractivity contribution in [2.45, 2.75) is 6.42 Å². The van der Waals surface area contributed by atoms with Crippen molar-refractivity contribution in [1.82, 2.24) is 19.8 Å². The van der Waals surface area contributed by atoms with Crippen LogP contribution in [0.15, 0.2) is 60.7 Å². The van der Waals surface area contributed by atoms with E-state index in [2.05, 4.69) is 27.4 Å². The van der Waals surface area contributed by atoms with Gasteiger partial charge >= 0.3 is 0 Å². The van der Waals surface area contributed by atoms with E-state index in [0.717, 1.165) is 5.56 Å². The lowest BCUT2D eigenvalue weighted by Crippen LogP contribution is -1.98. The number of benzene rings is 2. The fourth-order valence-electron chi connectivity index (χ4n) is 2.51. The molecule has 0 unspecified atom stereocenters. The standard InChI is InChI=1S/C18H12Cl2N4O/c19-14-6-7-15(13(11-14)10-12-4-2-1-3-5-12)25-17-9-8-16-21-22-18(20)24(16)23-17/h1-9,11H,10H2. The molecule has 4 rings (SSSR count). The molecule has 2 aromatic heterocycles. The van der Waals surface area contributed by atoms with Crippen LogP contribution < -0.4 is 4.74 Å². The van der Waals surface area contributed by atoms with E-state index < -0.39 is 0 Å². The molecule has 25 heavy (non-hydrogen) atoms. The molecule has 5 nitrogen and oxygen atoms in total. The maximum absolute atomic E-state index is 6.16. The lowest BCUT2D eigenvalue weighted by molar-refractivity contribution is 0.448. The molecule has 4 aromatic rings. The van der Waals surface area contributed by atoms with Crippen molar-refractivity contribution in [2.75, 3.05) is 0 Å². The lowest BCUT2D eigenvalue weighted by Gasteiger charge is -2.11. The van der Waals surface area contributed by atoms with E-state index in [0.29, 0.717) is 28.7 Å². The highest BCUT2D eigenvalue weighted by atomic mass is 35.5. The molecule has 124 valence electrons. The third kappa shape index (κ3) is 3.43. The van der Waals surface area contributed by atoms with E-state index in [1.807, 2.05) is 30.3 Å². The van der Waals surface area contributed by atoms with Gasteiger partial charge in [-0.2, -0.15) is 4.52 Å². The number of halogens is 2. The van der Waals surface area contributed by atoms with Crippen LogP contribution in [0.2, 0.25) is 10.3 Å². The van der Waals surface area contributed by atoms with Crippen LogP contribution in [0.3, 0.4) is 0 Å². The molecular weight excluding hydrogens is 359 g/mol. The van der Waals surface area contributed by atoms with Crippen LogP contribution in [-0.4, -0.2) is 19.8 Å². The average molecular weight is 371 g/mol. The second-order valence-electron chi connectivity index (χ2n) is 5.43. The molecule has 0 bridgehead atoms. The molecule has 0 aliphatic heterocycles. The molecule has 0 radical (unpaired) electrons. The van der Waals surface area contributed by atoms with E-state index in [-0.39, 0.29) is 5.28 Å². The van der Waals surface area contributed by atoms with Crippen LogP contribution in [0.25, 0.3) is 5.65 Å². The second kappa shape index (κ2) is 6.70. The average Bonchev–Trinajstić information content (AvgIpc) is 2.99.